The van der Waals surface area contributed by atoms with Gasteiger partial charge >= 0.3 is 0 Å². The molecule has 44 heavy (non-hydrogen) atoms. The van der Waals surface area contributed by atoms with Crippen LogP contribution in [0.25, 0.3) is 27.7 Å². The predicted octanol–water partition coefficient (Wildman–Crippen LogP) is 6.51. The number of imidazole rings is 1. The topological polar surface area (TPSA) is 89.7 Å². The first-order valence-corrected chi connectivity index (χ1v) is 14.2. The Hall–Kier alpha value is -4.83. The maximum Gasteiger partial charge on any atom is 0.248 e. The number of anilines is 1. The number of hydrogen-bond acceptors (Lipinski definition) is 5. The molecule has 0 saturated heterocycles. The molecule has 5 aromatic rings. The molecular formula is C34H35F2N5O3. The summed E-state index contributed by atoms with van der Waals surface area (Å²) in [5, 5.41) is 5.40. The van der Waals surface area contributed by atoms with Gasteiger partial charge in [0.25, 0.3) is 0 Å². The van der Waals surface area contributed by atoms with Gasteiger partial charge in [-0.15, -0.1) is 0 Å². The van der Waals surface area contributed by atoms with Crippen LogP contribution in [0.4, 0.5) is 14.5 Å². The van der Waals surface area contributed by atoms with Crippen LogP contribution in [-0.4, -0.2) is 44.8 Å². The number of methoxy groups -OCH3 is 1. The molecular weight excluding hydrogens is 564 g/mol. The number of halogens is 2. The molecule has 0 aliphatic heterocycles. The average molecular weight is 600 g/mol. The number of aromatic nitrogens is 3. The van der Waals surface area contributed by atoms with Gasteiger partial charge in [0.2, 0.25) is 11.7 Å². The van der Waals surface area contributed by atoms with Crippen LogP contribution in [0.3, 0.4) is 0 Å². The minimum absolute atomic E-state index is 0.146. The normalized spacial score (nSPS) is 12.0. The van der Waals surface area contributed by atoms with Gasteiger partial charge in [-0.1, -0.05) is 12.1 Å². The standard InChI is InChI=1S/C34H35F2N5O3/c1-19-16-27-31(38-20(2)40(27)6)33(44-7)29(19)22-10-9-15-41-25(22)12-13-26(41)32(43)21-17-23(35)30(24(36)18-21)39-28(42)11-8-14-37-34(3,4)5/h8-13,15-18,37H,14H2,1-7H3,(H,39,42)/b11-8+. The molecule has 1 amide bonds. The number of hydrogen-bond donors (Lipinski definition) is 2. The van der Waals surface area contributed by atoms with Gasteiger partial charge in [0, 0.05) is 48.1 Å². The Balaban J connectivity index is 1.47. The van der Waals surface area contributed by atoms with Crippen molar-refractivity contribution in [3.63, 3.8) is 0 Å². The van der Waals surface area contributed by atoms with E-state index in [0.717, 1.165) is 45.7 Å². The molecule has 10 heteroatoms. The number of nitrogens with one attached hydrogen (secondary N) is 2. The Kier molecular flexibility index (Phi) is 8.13. The summed E-state index contributed by atoms with van der Waals surface area (Å²) in [6, 6.07) is 11.1. The summed E-state index contributed by atoms with van der Waals surface area (Å²) in [7, 11) is 3.55. The monoisotopic (exact) mass is 599 g/mol. The summed E-state index contributed by atoms with van der Waals surface area (Å²) in [5.41, 5.74) is 4.25. The lowest BCUT2D eigenvalue weighted by Crippen LogP contribution is -2.35. The number of benzene rings is 2. The third-order valence-electron chi connectivity index (χ3n) is 7.52. The summed E-state index contributed by atoms with van der Waals surface area (Å²) in [6.45, 7) is 10.3. The molecule has 0 spiro atoms. The molecule has 0 unspecified atom stereocenters. The summed E-state index contributed by atoms with van der Waals surface area (Å²) >= 11 is 0. The molecule has 8 nitrogen and oxygen atoms in total. The SMILES string of the molecule is COc1c(-c2cccn3c(C(=O)c4cc(F)c(NC(=O)/C=C/CNC(C)(C)C)c(F)c4)ccc23)c(C)cc2c1nc(C)n2C. The molecule has 2 N–H and O–H groups in total. The van der Waals surface area contributed by atoms with Crippen molar-refractivity contribution in [3.8, 4) is 16.9 Å². The molecule has 2 aromatic carbocycles. The van der Waals surface area contributed by atoms with Crippen molar-refractivity contribution in [3.05, 3.63) is 95.1 Å². The first-order chi connectivity index (χ1) is 20.8. The number of nitrogens with zero attached hydrogens (tertiary/aromatic N) is 3. The summed E-state index contributed by atoms with van der Waals surface area (Å²) in [5.74, 6) is -1.91. The van der Waals surface area contributed by atoms with Gasteiger partial charge in [-0.3, -0.25) is 9.59 Å². The van der Waals surface area contributed by atoms with E-state index in [-0.39, 0.29) is 16.8 Å². The van der Waals surface area contributed by atoms with Crippen LogP contribution in [0.5, 0.6) is 5.75 Å². The molecule has 0 atom stereocenters. The second-order valence-corrected chi connectivity index (χ2v) is 11.7. The fourth-order valence-corrected chi connectivity index (χ4v) is 5.27. The number of carbonyl (C=O) groups is 2. The van der Waals surface area contributed by atoms with E-state index in [1.54, 1.807) is 42.0 Å². The minimum atomic E-state index is -1.05. The third-order valence-corrected chi connectivity index (χ3v) is 7.52. The number of rotatable bonds is 8. The molecule has 5 rings (SSSR count). The molecule has 0 fully saturated rings. The van der Waals surface area contributed by atoms with E-state index >= 15 is 8.78 Å². The van der Waals surface area contributed by atoms with Crippen molar-refractivity contribution in [2.75, 3.05) is 19.0 Å². The highest BCUT2D eigenvalue weighted by molar-refractivity contribution is 6.10. The molecule has 3 heterocycles. The highest BCUT2D eigenvalue weighted by Crippen LogP contribution is 2.41. The van der Waals surface area contributed by atoms with E-state index in [1.807, 2.05) is 52.3 Å². The van der Waals surface area contributed by atoms with Crippen LogP contribution in [-0.2, 0) is 11.8 Å². The number of aryl methyl sites for hydroxylation is 3. The quantitative estimate of drug-likeness (QED) is 0.157. The Morgan fingerprint density at radius 3 is 2.41 bits per heavy atom. The Labute approximate surface area is 254 Å². The van der Waals surface area contributed by atoms with E-state index < -0.39 is 29.0 Å². The molecule has 0 radical (unpaired) electrons. The highest BCUT2D eigenvalue weighted by Gasteiger charge is 2.23. The first-order valence-electron chi connectivity index (χ1n) is 14.2. The van der Waals surface area contributed by atoms with E-state index in [4.69, 9.17) is 9.72 Å². The number of ether oxygens (including phenoxy) is 1. The molecule has 0 aliphatic rings. The lowest BCUT2D eigenvalue weighted by molar-refractivity contribution is -0.112. The van der Waals surface area contributed by atoms with Gasteiger partial charge in [0.05, 0.1) is 23.8 Å². The first kappa shape index (κ1) is 30.6. The predicted molar refractivity (Wildman–Crippen MR) is 168 cm³/mol. The van der Waals surface area contributed by atoms with Crippen LogP contribution >= 0.6 is 0 Å². The van der Waals surface area contributed by atoms with Crippen molar-refractivity contribution in [1.29, 1.82) is 0 Å². The summed E-state index contributed by atoms with van der Waals surface area (Å²) in [6.07, 6.45) is 4.48. The Morgan fingerprint density at radius 2 is 1.75 bits per heavy atom. The van der Waals surface area contributed by atoms with Crippen LogP contribution in [0.2, 0.25) is 0 Å². The lowest BCUT2D eigenvalue weighted by atomic mass is 9.98. The second-order valence-electron chi connectivity index (χ2n) is 11.7. The van der Waals surface area contributed by atoms with E-state index in [2.05, 4.69) is 16.7 Å². The number of amides is 1. The van der Waals surface area contributed by atoms with Gasteiger partial charge in [-0.2, -0.15) is 0 Å². The van der Waals surface area contributed by atoms with Crippen molar-refractivity contribution in [2.24, 2.45) is 7.05 Å². The summed E-state index contributed by atoms with van der Waals surface area (Å²) in [4.78, 5) is 30.5. The minimum Gasteiger partial charge on any atom is -0.494 e. The fourth-order valence-electron chi connectivity index (χ4n) is 5.27. The van der Waals surface area contributed by atoms with Crippen molar-refractivity contribution in [2.45, 2.75) is 40.2 Å². The zero-order valence-corrected chi connectivity index (χ0v) is 25.8. The van der Waals surface area contributed by atoms with Crippen molar-refractivity contribution < 1.29 is 23.1 Å². The largest absolute Gasteiger partial charge is 0.494 e. The van der Waals surface area contributed by atoms with E-state index in [0.29, 0.717) is 17.8 Å². The van der Waals surface area contributed by atoms with Crippen LogP contribution in [0.1, 0.15) is 48.2 Å². The highest BCUT2D eigenvalue weighted by atomic mass is 19.1. The van der Waals surface area contributed by atoms with Crippen LogP contribution in [0.15, 0.2) is 60.8 Å². The summed E-state index contributed by atoms with van der Waals surface area (Å²) < 4.78 is 39.6. The third kappa shape index (κ3) is 5.72. The number of fused-ring (bicyclic) bond motifs is 2. The second kappa shape index (κ2) is 11.7. The fraction of sp³-hybridized carbons (Fsp3) is 0.265. The zero-order chi connectivity index (χ0) is 31.9. The number of pyridine rings is 1. The van der Waals surface area contributed by atoms with Crippen LogP contribution < -0.4 is 15.4 Å². The van der Waals surface area contributed by atoms with E-state index in [1.165, 1.54) is 6.08 Å². The smallest absolute Gasteiger partial charge is 0.248 e. The van der Waals surface area contributed by atoms with Gasteiger partial charge < -0.3 is 24.3 Å². The molecule has 3 aromatic heterocycles. The maximum absolute atomic E-state index is 15.0. The lowest BCUT2D eigenvalue weighted by Gasteiger charge is -2.18. The number of ketones is 1. The van der Waals surface area contributed by atoms with Gasteiger partial charge in [0.15, 0.2) is 5.75 Å². The Bertz CT molecular complexity index is 1940. The van der Waals surface area contributed by atoms with Crippen molar-refractivity contribution >= 4 is 33.9 Å². The van der Waals surface area contributed by atoms with Gasteiger partial charge in [-0.05, 0) is 76.6 Å². The molecule has 0 aliphatic carbocycles. The Morgan fingerprint density at radius 1 is 1.05 bits per heavy atom. The van der Waals surface area contributed by atoms with E-state index in [9.17, 15) is 9.59 Å². The molecule has 0 bridgehead atoms. The number of carbonyl (C=O) groups excluding carboxylic acids is 2. The van der Waals surface area contributed by atoms with Gasteiger partial charge in [-0.25, -0.2) is 13.8 Å². The van der Waals surface area contributed by atoms with Gasteiger partial charge in [0.1, 0.15) is 28.7 Å². The maximum atomic E-state index is 15.0. The van der Waals surface area contributed by atoms with Crippen molar-refractivity contribution in [1.82, 2.24) is 19.3 Å². The average Bonchev–Trinajstić information content (AvgIpc) is 3.52. The molecule has 228 valence electrons. The zero-order valence-electron chi connectivity index (χ0n) is 25.8. The van der Waals surface area contributed by atoms with Crippen LogP contribution in [0, 0.1) is 25.5 Å². The molecule has 0 saturated carbocycles.